The van der Waals surface area contributed by atoms with Gasteiger partial charge >= 0.3 is 6.09 Å². The van der Waals surface area contributed by atoms with Crippen molar-refractivity contribution in [2.24, 2.45) is 0 Å². The first-order valence-corrected chi connectivity index (χ1v) is 13.3. The van der Waals surface area contributed by atoms with Gasteiger partial charge in [-0.2, -0.15) is 5.06 Å². The van der Waals surface area contributed by atoms with E-state index in [-0.39, 0.29) is 24.2 Å². The Balaban J connectivity index is 2.80. The molecule has 2 amide bonds. The van der Waals surface area contributed by atoms with Gasteiger partial charge in [0.1, 0.15) is 6.61 Å². The normalized spacial score (nSPS) is 15.3. The third-order valence-corrected chi connectivity index (χ3v) is 6.49. The van der Waals surface area contributed by atoms with E-state index in [2.05, 4.69) is 34.6 Å². The van der Waals surface area contributed by atoms with Crippen molar-refractivity contribution in [2.45, 2.75) is 137 Å². The topological polar surface area (TPSA) is 59.1 Å². The monoisotopic (exact) mass is 478 g/mol. The molecule has 0 saturated carbocycles. The van der Waals surface area contributed by atoms with Crippen molar-refractivity contribution in [3.05, 3.63) is 23.9 Å². The lowest BCUT2D eigenvalue weighted by molar-refractivity contribution is -0.295. The molecule has 6 nitrogen and oxygen atoms in total. The summed E-state index contributed by atoms with van der Waals surface area (Å²) < 4.78 is 5.69. The van der Waals surface area contributed by atoms with Gasteiger partial charge in [0.05, 0.1) is 17.3 Å². The molecule has 0 fully saturated rings. The van der Waals surface area contributed by atoms with Gasteiger partial charge in [-0.15, -0.1) is 0 Å². The highest BCUT2D eigenvalue weighted by atomic mass is 16.7. The van der Waals surface area contributed by atoms with E-state index >= 15 is 0 Å². The average Bonchev–Trinajstić information content (AvgIpc) is 2.79. The van der Waals surface area contributed by atoms with Crippen LogP contribution in [0.15, 0.2) is 23.9 Å². The number of imide groups is 1. The summed E-state index contributed by atoms with van der Waals surface area (Å²) in [6, 6.07) is 0. The Kier molecular flexibility index (Phi) is 13.1. The van der Waals surface area contributed by atoms with Gasteiger partial charge in [0.2, 0.25) is 5.91 Å². The zero-order chi connectivity index (χ0) is 25.8. The van der Waals surface area contributed by atoms with E-state index in [0.717, 1.165) is 37.0 Å². The lowest BCUT2D eigenvalue weighted by atomic mass is 9.94. The molecule has 1 aliphatic carbocycles. The van der Waals surface area contributed by atoms with Crippen molar-refractivity contribution >= 4 is 12.0 Å². The molecule has 0 N–H and O–H groups in total. The summed E-state index contributed by atoms with van der Waals surface area (Å²) in [5, 5.41) is 2.01. The molecule has 1 aliphatic rings. The van der Waals surface area contributed by atoms with Crippen LogP contribution in [0.5, 0.6) is 0 Å². The van der Waals surface area contributed by atoms with Crippen LogP contribution < -0.4 is 0 Å². The highest BCUT2D eigenvalue weighted by molar-refractivity contribution is 5.93. The molecule has 1 atom stereocenters. The fraction of sp³-hybridized carbons (Fsp3) is 0.786. The number of nitrogens with zero attached hydrogens (tertiary/aromatic N) is 2. The molecule has 0 aromatic heterocycles. The second-order valence-electron chi connectivity index (χ2n) is 10.8. The van der Waals surface area contributed by atoms with Crippen molar-refractivity contribution in [2.75, 3.05) is 6.61 Å². The number of unbranched alkanes of at least 4 members (excludes halogenated alkanes) is 5. The minimum absolute atomic E-state index is 0.0678. The zero-order valence-electron chi connectivity index (χ0n) is 23.1. The molecular weight excluding hydrogens is 428 g/mol. The molecule has 6 heteroatoms. The van der Waals surface area contributed by atoms with Gasteiger partial charge in [-0.25, -0.2) is 9.69 Å². The van der Waals surface area contributed by atoms with E-state index in [1.807, 2.05) is 31.1 Å². The van der Waals surface area contributed by atoms with Crippen LogP contribution in [0.1, 0.15) is 120 Å². The standard InChI is InChI=1S/C28H50N2O4/c1-9-11-12-13-14-16-19-23(3)34-30(27(5,6)10-2)28(7,8)22-33-26(32)29(24(4)31)25-20-17-15-18-21-25/h17,20-21,23H,9-16,18-19,22H2,1-8H3. The van der Waals surface area contributed by atoms with Gasteiger partial charge in [0.15, 0.2) is 0 Å². The van der Waals surface area contributed by atoms with Gasteiger partial charge in [0.25, 0.3) is 0 Å². The molecule has 0 aromatic carbocycles. The maximum atomic E-state index is 12.9. The average molecular weight is 479 g/mol. The quantitative estimate of drug-likeness (QED) is 0.180. The van der Waals surface area contributed by atoms with E-state index in [9.17, 15) is 9.59 Å². The summed E-state index contributed by atoms with van der Waals surface area (Å²) in [6.07, 6.45) is 16.2. The third-order valence-electron chi connectivity index (χ3n) is 6.49. The molecule has 0 spiro atoms. The lowest BCUT2D eigenvalue weighted by Gasteiger charge is -2.47. The van der Waals surface area contributed by atoms with Gasteiger partial charge in [-0.05, 0) is 66.4 Å². The number of carbonyl (C=O) groups excluding carboxylic acids is 2. The number of allylic oxidation sites excluding steroid dienone is 3. The number of hydrogen-bond acceptors (Lipinski definition) is 5. The molecule has 1 rings (SSSR count). The van der Waals surface area contributed by atoms with Crippen LogP contribution in [0.3, 0.4) is 0 Å². The molecule has 0 heterocycles. The van der Waals surface area contributed by atoms with Gasteiger partial charge in [0, 0.05) is 12.5 Å². The van der Waals surface area contributed by atoms with Crippen LogP contribution in [0, 0.1) is 0 Å². The maximum Gasteiger partial charge on any atom is 0.421 e. The highest BCUT2D eigenvalue weighted by Gasteiger charge is 2.40. The molecule has 0 radical (unpaired) electrons. The first-order chi connectivity index (χ1) is 16.0. The molecule has 0 saturated heterocycles. The minimum Gasteiger partial charge on any atom is -0.447 e. The fourth-order valence-electron chi connectivity index (χ4n) is 4.24. The van der Waals surface area contributed by atoms with Gasteiger partial charge < -0.3 is 4.74 Å². The summed E-state index contributed by atoms with van der Waals surface area (Å²) >= 11 is 0. The summed E-state index contributed by atoms with van der Waals surface area (Å²) in [5.41, 5.74) is -0.250. The van der Waals surface area contributed by atoms with Crippen molar-refractivity contribution in [1.82, 2.24) is 9.96 Å². The van der Waals surface area contributed by atoms with Crippen LogP contribution in [-0.2, 0) is 14.4 Å². The fourth-order valence-corrected chi connectivity index (χ4v) is 4.24. The second-order valence-corrected chi connectivity index (χ2v) is 10.8. The van der Waals surface area contributed by atoms with Crippen LogP contribution in [0.25, 0.3) is 0 Å². The number of hydrogen-bond donors (Lipinski definition) is 0. The first kappa shape index (κ1) is 30.4. The Morgan fingerprint density at radius 1 is 1.00 bits per heavy atom. The molecule has 0 bridgehead atoms. The van der Waals surface area contributed by atoms with Crippen molar-refractivity contribution in [1.29, 1.82) is 0 Å². The van der Waals surface area contributed by atoms with Crippen LogP contribution in [-0.4, -0.2) is 45.8 Å². The number of ether oxygens (including phenoxy) is 1. The van der Waals surface area contributed by atoms with E-state index in [1.165, 1.54) is 39.0 Å². The number of hydroxylamine groups is 2. The zero-order valence-corrected chi connectivity index (χ0v) is 23.1. The Hall–Kier alpha value is -1.66. The van der Waals surface area contributed by atoms with E-state index in [0.29, 0.717) is 5.70 Å². The predicted molar refractivity (Wildman–Crippen MR) is 139 cm³/mol. The number of rotatable bonds is 15. The van der Waals surface area contributed by atoms with Gasteiger partial charge in [-0.1, -0.05) is 64.5 Å². The Morgan fingerprint density at radius 3 is 2.21 bits per heavy atom. The van der Waals surface area contributed by atoms with E-state index in [4.69, 9.17) is 9.57 Å². The maximum absolute atomic E-state index is 12.9. The summed E-state index contributed by atoms with van der Waals surface area (Å²) in [5.74, 6) is -0.352. The Labute approximate surface area is 208 Å². The third kappa shape index (κ3) is 9.91. The van der Waals surface area contributed by atoms with E-state index < -0.39 is 11.6 Å². The minimum atomic E-state index is -0.646. The van der Waals surface area contributed by atoms with Crippen molar-refractivity contribution in [3.63, 3.8) is 0 Å². The molecule has 34 heavy (non-hydrogen) atoms. The molecule has 196 valence electrons. The van der Waals surface area contributed by atoms with Crippen LogP contribution in [0.2, 0.25) is 0 Å². The van der Waals surface area contributed by atoms with Crippen molar-refractivity contribution in [3.8, 4) is 0 Å². The van der Waals surface area contributed by atoms with Crippen LogP contribution >= 0.6 is 0 Å². The largest absolute Gasteiger partial charge is 0.447 e. The number of carbonyl (C=O) groups is 2. The Morgan fingerprint density at radius 2 is 1.65 bits per heavy atom. The van der Waals surface area contributed by atoms with E-state index in [1.54, 1.807) is 6.08 Å². The SMILES string of the molecule is CCCCCCCCC(C)ON(C(C)(C)CC)C(C)(C)COC(=O)N(C(C)=O)C1=CCCC=C1. The molecule has 1 unspecified atom stereocenters. The molecular formula is C28H50N2O4. The predicted octanol–water partition coefficient (Wildman–Crippen LogP) is 7.55. The number of amides is 2. The lowest BCUT2D eigenvalue weighted by Crippen LogP contribution is -2.58. The summed E-state index contributed by atoms with van der Waals surface area (Å²) in [6.45, 7) is 16.3. The smallest absolute Gasteiger partial charge is 0.421 e. The summed E-state index contributed by atoms with van der Waals surface area (Å²) in [7, 11) is 0. The molecule has 0 aliphatic heterocycles. The second kappa shape index (κ2) is 14.7. The van der Waals surface area contributed by atoms with Gasteiger partial charge in [-0.3, -0.25) is 9.63 Å². The highest BCUT2D eigenvalue weighted by Crippen LogP contribution is 2.31. The Bertz CT molecular complexity index is 697. The van der Waals surface area contributed by atoms with Crippen molar-refractivity contribution < 1.29 is 19.2 Å². The molecule has 0 aromatic rings. The summed E-state index contributed by atoms with van der Waals surface area (Å²) in [4.78, 5) is 32.7. The first-order valence-electron chi connectivity index (χ1n) is 13.3. The van der Waals surface area contributed by atoms with Crippen LogP contribution in [0.4, 0.5) is 4.79 Å².